The Labute approximate surface area is 76.9 Å². The molecule has 0 aromatic rings. The van der Waals surface area contributed by atoms with Crippen molar-refractivity contribution in [2.45, 2.75) is 26.7 Å². The molecule has 2 amide bonds. The zero-order chi connectivity index (χ0) is 10.0. The molecule has 13 heavy (non-hydrogen) atoms. The number of hydrogen-bond donors (Lipinski definition) is 0. The quantitative estimate of drug-likeness (QED) is 0.593. The van der Waals surface area contributed by atoms with E-state index in [-0.39, 0.29) is 42.9 Å². The minimum atomic E-state index is -0.209. The Hall–Kier alpha value is -1.19. The Morgan fingerprint density at radius 2 is 2.15 bits per heavy atom. The fraction of sp³-hybridized carbons (Fsp3) is 0.667. The average Bonchev–Trinajstić information content (AvgIpc) is 2.24. The lowest BCUT2D eigenvalue weighted by Crippen LogP contribution is -2.32. The number of ketones is 1. The molecule has 1 atom stereocenters. The smallest absolute Gasteiger partial charge is 0.232 e. The minimum absolute atomic E-state index is 0.000142. The summed E-state index contributed by atoms with van der Waals surface area (Å²) in [5.74, 6) is -0.510. The average molecular weight is 183 g/mol. The molecule has 4 heteroatoms. The molecule has 72 valence electrons. The van der Waals surface area contributed by atoms with Crippen LogP contribution in [0.1, 0.15) is 26.7 Å². The molecule has 0 aromatic heterocycles. The number of carbonyl (C=O) groups is 3. The maximum atomic E-state index is 11.3. The van der Waals surface area contributed by atoms with Crippen molar-refractivity contribution >= 4 is 17.6 Å². The minimum Gasteiger partial charge on any atom is -0.300 e. The maximum absolute atomic E-state index is 11.3. The highest BCUT2D eigenvalue weighted by Crippen LogP contribution is 2.18. The van der Waals surface area contributed by atoms with Crippen LogP contribution in [0.5, 0.6) is 0 Å². The van der Waals surface area contributed by atoms with Gasteiger partial charge in [0.1, 0.15) is 5.78 Å². The van der Waals surface area contributed by atoms with E-state index in [2.05, 4.69) is 0 Å². The van der Waals surface area contributed by atoms with E-state index in [9.17, 15) is 14.4 Å². The van der Waals surface area contributed by atoms with E-state index >= 15 is 0 Å². The van der Waals surface area contributed by atoms with Crippen LogP contribution in [0.2, 0.25) is 0 Å². The summed E-state index contributed by atoms with van der Waals surface area (Å²) in [4.78, 5) is 34.4. The zero-order valence-electron chi connectivity index (χ0n) is 7.87. The van der Waals surface area contributed by atoms with Crippen molar-refractivity contribution in [2.24, 2.45) is 5.92 Å². The van der Waals surface area contributed by atoms with Crippen LogP contribution in [-0.4, -0.2) is 29.0 Å². The number of imide groups is 1. The number of Topliss-reactive ketones (excluding diaryl/α,β-unsaturated/α-hetero) is 1. The molecule has 1 unspecified atom stereocenters. The number of amides is 2. The first-order valence-electron chi connectivity index (χ1n) is 4.36. The largest absolute Gasteiger partial charge is 0.300 e. The summed E-state index contributed by atoms with van der Waals surface area (Å²) in [5, 5.41) is 0. The Morgan fingerprint density at radius 3 is 2.54 bits per heavy atom. The highest BCUT2D eigenvalue weighted by Gasteiger charge is 2.34. The van der Waals surface area contributed by atoms with Gasteiger partial charge in [-0.3, -0.25) is 19.3 Å². The molecule has 0 bridgehead atoms. The summed E-state index contributed by atoms with van der Waals surface area (Å²) in [7, 11) is 0. The second-order valence-corrected chi connectivity index (χ2v) is 3.44. The topological polar surface area (TPSA) is 54.5 Å². The molecule has 1 aliphatic heterocycles. The third kappa shape index (κ3) is 2.14. The molecule has 1 heterocycles. The number of nitrogens with zero attached hydrogens (tertiary/aromatic N) is 1. The van der Waals surface area contributed by atoms with Crippen molar-refractivity contribution in [1.29, 1.82) is 0 Å². The van der Waals surface area contributed by atoms with E-state index in [1.54, 1.807) is 6.92 Å². The molecule has 4 nitrogen and oxygen atoms in total. The molecule has 0 saturated carbocycles. The fourth-order valence-electron chi connectivity index (χ4n) is 1.35. The predicted molar refractivity (Wildman–Crippen MR) is 45.8 cm³/mol. The van der Waals surface area contributed by atoms with Crippen molar-refractivity contribution in [3.05, 3.63) is 0 Å². The van der Waals surface area contributed by atoms with E-state index in [1.165, 1.54) is 11.8 Å². The lowest BCUT2D eigenvalue weighted by atomic mass is 10.1. The van der Waals surface area contributed by atoms with Gasteiger partial charge in [-0.25, -0.2) is 0 Å². The van der Waals surface area contributed by atoms with Gasteiger partial charge in [-0.05, 0) is 6.92 Å². The first-order chi connectivity index (χ1) is 6.02. The highest BCUT2D eigenvalue weighted by atomic mass is 16.2. The van der Waals surface area contributed by atoms with Crippen LogP contribution >= 0.6 is 0 Å². The number of carbonyl (C=O) groups excluding carboxylic acids is 3. The van der Waals surface area contributed by atoms with E-state index < -0.39 is 0 Å². The van der Waals surface area contributed by atoms with Gasteiger partial charge in [-0.2, -0.15) is 0 Å². The van der Waals surface area contributed by atoms with Crippen LogP contribution in [0.25, 0.3) is 0 Å². The highest BCUT2D eigenvalue weighted by molar-refractivity contribution is 6.03. The monoisotopic (exact) mass is 183 g/mol. The van der Waals surface area contributed by atoms with Gasteiger partial charge in [0.15, 0.2) is 0 Å². The standard InChI is InChI=1S/C9H13NO3/c1-6-5-8(12)10(9(6)13)4-3-7(2)11/h6H,3-5H2,1-2H3. The van der Waals surface area contributed by atoms with Crippen molar-refractivity contribution < 1.29 is 14.4 Å². The van der Waals surface area contributed by atoms with Gasteiger partial charge in [0.2, 0.25) is 11.8 Å². The van der Waals surface area contributed by atoms with Crippen molar-refractivity contribution in [2.75, 3.05) is 6.54 Å². The predicted octanol–water partition coefficient (Wildman–Crippen LogP) is 0.361. The molecule has 1 rings (SSSR count). The first kappa shape index (κ1) is 9.89. The fourth-order valence-corrected chi connectivity index (χ4v) is 1.35. The third-order valence-corrected chi connectivity index (χ3v) is 2.16. The normalized spacial score (nSPS) is 22.6. The summed E-state index contributed by atoms with van der Waals surface area (Å²) in [6.45, 7) is 3.43. The van der Waals surface area contributed by atoms with Crippen LogP contribution < -0.4 is 0 Å². The van der Waals surface area contributed by atoms with Gasteiger partial charge >= 0.3 is 0 Å². The van der Waals surface area contributed by atoms with Crippen LogP contribution in [-0.2, 0) is 14.4 Å². The summed E-state index contributed by atoms with van der Waals surface area (Å²) in [5.41, 5.74) is 0. The zero-order valence-corrected chi connectivity index (χ0v) is 7.87. The molecule has 1 saturated heterocycles. The van der Waals surface area contributed by atoms with Crippen molar-refractivity contribution in [3.8, 4) is 0 Å². The maximum Gasteiger partial charge on any atom is 0.232 e. The van der Waals surface area contributed by atoms with Gasteiger partial charge in [0.05, 0.1) is 0 Å². The Kier molecular flexibility index (Phi) is 2.80. The third-order valence-electron chi connectivity index (χ3n) is 2.16. The molecule has 0 radical (unpaired) electrons. The molecule has 1 aliphatic rings. The molecule has 1 fully saturated rings. The molecule has 0 N–H and O–H groups in total. The van der Waals surface area contributed by atoms with Gasteiger partial charge in [0.25, 0.3) is 0 Å². The molecule has 0 aliphatic carbocycles. The molecule has 0 aromatic carbocycles. The number of likely N-dealkylation sites (tertiary alicyclic amines) is 1. The van der Waals surface area contributed by atoms with Crippen LogP contribution in [0.3, 0.4) is 0 Å². The van der Waals surface area contributed by atoms with Gasteiger partial charge < -0.3 is 0 Å². The summed E-state index contributed by atoms with van der Waals surface area (Å²) < 4.78 is 0. The molecular formula is C9H13NO3. The second kappa shape index (κ2) is 3.68. The van der Waals surface area contributed by atoms with Crippen LogP contribution in [0, 0.1) is 5.92 Å². The van der Waals surface area contributed by atoms with Gasteiger partial charge in [-0.1, -0.05) is 6.92 Å². The van der Waals surface area contributed by atoms with E-state index in [0.29, 0.717) is 0 Å². The van der Waals surface area contributed by atoms with Gasteiger partial charge in [-0.15, -0.1) is 0 Å². The van der Waals surface area contributed by atoms with E-state index in [1.807, 2.05) is 0 Å². The summed E-state index contributed by atoms with van der Waals surface area (Å²) >= 11 is 0. The summed E-state index contributed by atoms with van der Waals surface area (Å²) in [6.07, 6.45) is 0.556. The van der Waals surface area contributed by atoms with Crippen molar-refractivity contribution in [3.63, 3.8) is 0 Å². The summed E-state index contributed by atoms with van der Waals surface area (Å²) in [6, 6.07) is 0. The van der Waals surface area contributed by atoms with E-state index in [4.69, 9.17) is 0 Å². The Balaban J connectivity index is 2.54. The van der Waals surface area contributed by atoms with Crippen LogP contribution in [0.15, 0.2) is 0 Å². The number of hydrogen-bond acceptors (Lipinski definition) is 3. The Bertz CT molecular complexity index is 260. The second-order valence-electron chi connectivity index (χ2n) is 3.44. The Morgan fingerprint density at radius 1 is 1.54 bits per heavy atom. The SMILES string of the molecule is CC(=O)CCN1C(=O)CC(C)C1=O. The van der Waals surface area contributed by atoms with Crippen molar-refractivity contribution in [1.82, 2.24) is 4.90 Å². The van der Waals surface area contributed by atoms with Crippen LogP contribution in [0.4, 0.5) is 0 Å². The van der Waals surface area contributed by atoms with E-state index in [0.717, 1.165) is 0 Å². The first-order valence-corrected chi connectivity index (χ1v) is 4.36. The molecule has 0 spiro atoms. The van der Waals surface area contributed by atoms with Gasteiger partial charge in [0, 0.05) is 25.3 Å². The lowest BCUT2D eigenvalue weighted by Gasteiger charge is -2.12. The molecular weight excluding hydrogens is 170 g/mol. The number of rotatable bonds is 3. The lowest BCUT2D eigenvalue weighted by molar-refractivity contribution is -0.139.